The standard InChI is InChI=1S/C10H22N2O/c1-6-12(7-8(2)3)10(13)9(4)11-5/h8-9,11H,6-7H2,1-5H3. The molecule has 0 aromatic rings. The highest BCUT2D eigenvalue weighted by molar-refractivity contribution is 5.81. The van der Waals surface area contributed by atoms with Gasteiger partial charge in [0.2, 0.25) is 5.91 Å². The SMILES string of the molecule is CCN(CC(C)C)C(=O)C(C)NC. The molecule has 0 spiro atoms. The van der Waals surface area contributed by atoms with Crippen LogP contribution < -0.4 is 5.32 Å². The molecule has 1 unspecified atom stereocenters. The van der Waals surface area contributed by atoms with Crippen LogP contribution in [0.3, 0.4) is 0 Å². The van der Waals surface area contributed by atoms with Crippen molar-refractivity contribution in [2.75, 3.05) is 20.1 Å². The predicted octanol–water partition coefficient (Wildman–Crippen LogP) is 1.10. The second kappa shape index (κ2) is 5.97. The summed E-state index contributed by atoms with van der Waals surface area (Å²) in [7, 11) is 1.81. The summed E-state index contributed by atoms with van der Waals surface area (Å²) in [4.78, 5) is 13.6. The molecule has 0 aromatic carbocycles. The van der Waals surface area contributed by atoms with E-state index < -0.39 is 0 Å². The minimum Gasteiger partial charge on any atom is -0.341 e. The fraction of sp³-hybridized carbons (Fsp3) is 0.900. The molecule has 0 aromatic heterocycles. The lowest BCUT2D eigenvalue weighted by atomic mass is 10.2. The van der Waals surface area contributed by atoms with Gasteiger partial charge in [-0.25, -0.2) is 0 Å². The van der Waals surface area contributed by atoms with E-state index in [4.69, 9.17) is 0 Å². The van der Waals surface area contributed by atoms with Crippen molar-refractivity contribution in [2.24, 2.45) is 5.92 Å². The molecule has 0 aliphatic carbocycles. The molecule has 13 heavy (non-hydrogen) atoms. The maximum atomic E-state index is 11.7. The predicted molar refractivity (Wildman–Crippen MR) is 55.6 cm³/mol. The van der Waals surface area contributed by atoms with Crippen molar-refractivity contribution in [3.8, 4) is 0 Å². The van der Waals surface area contributed by atoms with Gasteiger partial charge in [-0.15, -0.1) is 0 Å². The van der Waals surface area contributed by atoms with Gasteiger partial charge in [-0.05, 0) is 26.8 Å². The van der Waals surface area contributed by atoms with Crippen LogP contribution in [-0.2, 0) is 4.79 Å². The molecule has 0 saturated carbocycles. The van der Waals surface area contributed by atoms with Crippen molar-refractivity contribution in [2.45, 2.75) is 33.7 Å². The van der Waals surface area contributed by atoms with Gasteiger partial charge in [0.15, 0.2) is 0 Å². The molecule has 0 heterocycles. The van der Waals surface area contributed by atoms with Gasteiger partial charge in [0.1, 0.15) is 0 Å². The monoisotopic (exact) mass is 186 g/mol. The van der Waals surface area contributed by atoms with Gasteiger partial charge in [0.05, 0.1) is 6.04 Å². The Balaban J connectivity index is 4.14. The summed E-state index contributed by atoms with van der Waals surface area (Å²) in [6.45, 7) is 9.80. The fourth-order valence-corrected chi connectivity index (χ4v) is 1.21. The van der Waals surface area contributed by atoms with Crippen LogP contribution in [-0.4, -0.2) is 37.0 Å². The van der Waals surface area contributed by atoms with Crippen molar-refractivity contribution < 1.29 is 4.79 Å². The Hall–Kier alpha value is -0.570. The van der Waals surface area contributed by atoms with E-state index >= 15 is 0 Å². The topological polar surface area (TPSA) is 32.3 Å². The maximum absolute atomic E-state index is 11.7. The van der Waals surface area contributed by atoms with Crippen LogP contribution in [0.4, 0.5) is 0 Å². The highest BCUT2D eigenvalue weighted by Crippen LogP contribution is 2.01. The highest BCUT2D eigenvalue weighted by atomic mass is 16.2. The highest BCUT2D eigenvalue weighted by Gasteiger charge is 2.17. The van der Waals surface area contributed by atoms with Gasteiger partial charge in [0.25, 0.3) is 0 Å². The Labute approximate surface area is 81.5 Å². The van der Waals surface area contributed by atoms with Crippen LogP contribution in [0.2, 0.25) is 0 Å². The Bertz CT molecular complexity index is 157. The zero-order valence-electron chi connectivity index (χ0n) is 9.42. The molecule has 1 atom stereocenters. The number of amides is 1. The third kappa shape index (κ3) is 4.27. The average molecular weight is 186 g/mol. The third-order valence-electron chi connectivity index (χ3n) is 2.08. The van der Waals surface area contributed by atoms with Gasteiger partial charge in [-0.1, -0.05) is 13.8 Å². The molecule has 0 radical (unpaired) electrons. The molecule has 1 amide bonds. The molecule has 0 aliphatic heterocycles. The molecule has 0 fully saturated rings. The average Bonchev–Trinajstić information content (AvgIpc) is 2.11. The van der Waals surface area contributed by atoms with Crippen molar-refractivity contribution in [1.29, 1.82) is 0 Å². The Morgan fingerprint density at radius 2 is 1.92 bits per heavy atom. The molecule has 0 aliphatic rings. The molecule has 0 rings (SSSR count). The van der Waals surface area contributed by atoms with Crippen molar-refractivity contribution >= 4 is 5.91 Å². The summed E-state index contributed by atoms with van der Waals surface area (Å²) in [6.07, 6.45) is 0. The summed E-state index contributed by atoms with van der Waals surface area (Å²) < 4.78 is 0. The first-order valence-electron chi connectivity index (χ1n) is 4.98. The number of likely N-dealkylation sites (N-methyl/N-ethyl adjacent to an activating group) is 2. The smallest absolute Gasteiger partial charge is 0.239 e. The lowest BCUT2D eigenvalue weighted by Gasteiger charge is -2.25. The minimum atomic E-state index is -0.0706. The molecular formula is C10H22N2O. The van der Waals surface area contributed by atoms with Gasteiger partial charge in [-0.2, -0.15) is 0 Å². The van der Waals surface area contributed by atoms with Gasteiger partial charge in [0, 0.05) is 13.1 Å². The summed E-state index contributed by atoms with van der Waals surface area (Å²) in [6, 6.07) is -0.0706. The molecule has 3 heteroatoms. The number of hydrogen-bond acceptors (Lipinski definition) is 2. The summed E-state index contributed by atoms with van der Waals surface area (Å²) in [5.74, 6) is 0.728. The number of nitrogens with zero attached hydrogens (tertiary/aromatic N) is 1. The first kappa shape index (κ1) is 12.4. The summed E-state index contributed by atoms with van der Waals surface area (Å²) >= 11 is 0. The Morgan fingerprint density at radius 3 is 2.23 bits per heavy atom. The molecule has 1 N–H and O–H groups in total. The lowest BCUT2D eigenvalue weighted by Crippen LogP contribution is -2.44. The Morgan fingerprint density at radius 1 is 1.38 bits per heavy atom. The number of carbonyl (C=O) groups excluding carboxylic acids is 1. The minimum absolute atomic E-state index is 0.0706. The van der Waals surface area contributed by atoms with E-state index in [1.165, 1.54) is 0 Å². The number of carbonyl (C=O) groups is 1. The Kier molecular flexibility index (Phi) is 5.71. The normalized spacial score (nSPS) is 13.1. The zero-order valence-corrected chi connectivity index (χ0v) is 9.42. The largest absolute Gasteiger partial charge is 0.341 e. The fourth-order valence-electron chi connectivity index (χ4n) is 1.21. The van der Waals surface area contributed by atoms with Crippen molar-refractivity contribution in [3.63, 3.8) is 0 Å². The van der Waals surface area contributed by atoms with E-state index in [0.717, 1.165) is 13.1 Å². The van der Waals surface area contributed by atoms with E-state index in [1.54, 1.807) is 0 Å². The van der Waals surface area contributed by atoms with Crippen LogP contribution in [0.5, 0.6) is 0 Å². The second-order valence-electron chi connectivity index (χ2n) is 3.78. The maximum Gasteiger partial charge on any atom is 0.239 e. The molecular weight excluding hydrogens is 164 g/mol. The lowest BCUT2D eigenvalue weighted by molar-refractivity contribution is -0.133. The van der Waals surface area contributed by atoms with Gasteiger partial charge < -0.3 is 10.2 Å². The van der Waals surface area contributed by atoms with Crippen LogP contribution >= 0.6 is 0 Å². The number of hydrogen-bond donors (Lipinski definition) is 1. The van der Waals surface area contributed by atoms with Gasteiger partial charge in [-0.3, -0.25) is 4.79 Å². The summed E-state index contributed by atoms with van der Waals surface area (Å²) in [5.41, 5.74) is 0. The first-order valence-corrected chi connectivity index (χ1v) is 4.98. The van der Waals surface area contributed by atoms with E-state index in [2.05, 4.69) is 19.2 Å². The van der Waals surface area contributed by atoms with Crippen LogP contribution in [0.1, 0.15) is 27.7 Å². The van der Waals surface area contributed by atoms with Crippen LogP contribution in [0, 0.1) is 5.92 Å². The number of nitrogens with one attached hydrogen (secondary N) is 1. The first-order chi connectivity index (χ1) is 6.02. The molecule has 3 nitrogen and oxygen atoms in total. The molecule has 78 valence electrons. The molecule has 0 saturated heterocycles. The van der Waals surface area contributed by atoms with Crippen molar-refractivity contribution in [3.05, 3.63) is 0 Å². The number of rotatable bonds is 5. The van der Waals surface area contributed by atoms with Crippen LogP contribution in [0.25, 0.3) is 0 Å². The zero-order chi connectivity index (χ0) is 10.4. The van der Waals surface area contributed by atoms with E-state index in [9.17, 15) is 4.79 Å². The van der Waals surface area contributed by atoms with Crippen LogP contribution in [0.15, 0.2) is 0 Å². The van der Waals surface area contributed by atoms with Gasteiger partial charge >= 0.3 is 0 Å². The quantitative estimate of drug-likeness (QED) is 0.697. The van der Waals surface area contributed by atoms with E-state index in [-0.39, 0.29) is 11.9 Å². The summed E-state index contributed by atoms with van der Waals surface area (Å²) in [5, 5.41) is 2.96. The van der Waals surface area contributed by atoms with Crippen molar-refractivity contribution in [1.82, 2.24) is 10.2 Å². The molecule has 0 bridgehead atoms. The van der Waals surface area contributed by atoms with E-state index in [1.807, 2.05) is 25.8 Å². The van der Waals surface area contributed by atoms with E-state index in [0.29, 0.717) is 5.92 Å². The third-order valence-corrected chi connectivity index (χ3v) is 2.08. The second-order valence-corrected chi connectivity index (χ2v) is 3.78.